The van der Waals surface area contributed by atoms with E-state index in [9.17, 15) is 5.11 Å². The Balaban J connectivity index is 2.27. The van der Waals surface area contributed by atoms with Crippen LogP contribution in [0.15, 0.2) is 48.5 Å². The molecule has 0 saturated heterocycles. The fraction of sp³-hybridized carbons (Fsp3) is 0.0667. The zero-order valence-corrected chi connectivity index (χ0v) is 9.63. The molecule has 0 atom stereocenters. The zero-order chi connectivity index (χ0) is 12.1. The van der Waals surface area contributed by atoms with Gasteiger partial charge in [0.1, 0.15) is 11.5 Å². The minimum Gasteiger partial charge on any atom is -0.508 e. The molecule has 2 aromatic carbocycles. The molecule has 2 rings (SSSR count). The Morgan fingerprint density at radius 3 is 2.47 bits per heavy atom. The zero-order valence-electron chi connectivity index (χ0n) is 9.63. The average Bonchev–Trinajstić information content (AvgIpc) is 2.38. The highest BCUT2D eigenvalue weighted by molar-refractivity contribution is 5.72. The van der Waals surface area contributed by atoms with Crippen LogP contribution in [-0.4, -0.2) is 12.2 Å². The lowest BCUT2D eigenvalue weighted by atomic mass is 10.1. The summed E-state index contributed by atoms with van der Waals surface area (Å²) in [5, 5.41) is 9.35. The molecule has 0 fully saturated rings. The lowest BCUT2D eigenvalue weighted by molar-refractivity contribution is 0.407. The van der Waals surface area contributed by atoms with E-state index in [1.165, 1.54) is 0 Å². The van der Waals surface area contributed by atoms with E-state index in [2.05, 4.69) is 0 Å². The molecule has 0 saturated carbocycles. The van der Waals surface area contributed by atoms with Crippen molar-refractivity contribution in [2.45, 2.75) is 0 Å². The van der Waals surface area contributed by atoms with Gasteiger partial charge in [-0.25, -0.2) is 0 Å². The third-order valence-corrected chi connectivity index (χ3v) is 2.47. The smallest absolute Gasteiger partial charge is 0.129 e. The van der Waals surface area contributed by atoms with E-state index in [4.69, 9.17) is 4.74 Å². The fourth-order valence-electron chi connectivity index (χ4n) is 1.59. The summed E-state index contributed by atoms with van der Waals surface area (Å²) < 4.78 is 5.20. The topological polar surface area (TPSA) is 29.5 Å². The van der Waals surface area contributed by atoms with Crippen LogP contribution in [0.4, 0.5) is 0 Å². The number of phenolic OH excluding ortho intramolecular Hbond substituents is 1. The van der Waals surface area contributed by atoms with Crippen molar-refractivity contribution in [3.63, 3.8) is 0 Å². The third kappa shape index (κ3) is 2.88. The van der Waals surface area contributed by atoms with Gasteiger partial charge in [0.15, 0.2) is 0 Å². The lowest BCUT2D eigenvalue weighted by Gasteiger charge is -2.04. The molecular formula is C15H14O2. The molecule has 2 heteroatoms. The Bertz CT molecular complexity index is 516. The van der Waals surface area contributed by atoms with Gasteiger partial charge in [-0.3, -0.25) is 0 Å². The van der Waals surface area contributed by atoms with Crippen LogP contribution in [0.2, 0.25) is 0 Å². The summed E-state index contributed by atoms with van der Waals surface area (Å²) in [5.41, 5.74) is 2.07. The van der Waals surface area contributed by atoms with E-state index in [1.807, 2.05) is 48.6 Å². The predicted octanol–water partition coefficient (Wildman–Crippen LogP) is 3.57. The first-order valence-corrected chi connectivity index (χ1v) is 5.40. The van der Waals surface area contributed by atoms with Crippen LogP contribution in [0.3, 0.4) is 0 Å². The maximum Gasteiger partial charge on any atom is 0.129 e. The maximum absolute atomic E-state index is 9.35. The molecule has 0 aliphatic rings. The summed E-state index contributed by atoms with van der Waals surface area (Å²) in [6.07, 6.45) is 3.97. The van der Waals surface area contributed by atoms with Gasteiger partial charge in [0, 0.05) is 11.6 Å². The predicted molar refractivity (Wildman–Crippen MR) is 70.0 cm³/mol. The molecule has 0 amide bonds. The van der Waals surface area contributed by atoms with E-state index >= 15 is 0 Å². The number of phenols is 1. The van der Waals surface area contributed by atoms with Crippen molar-refractivity contribution in [2.75, 3.05) is 7.11 Å². The first kappa shape index (κ1) is 11.3. The SMILES string of the molecule is COc1cc(O)ccc1/C=C/c1ccccc1. The van der Waals surface area contributed by atoms with Crippen molar-refractivity contribution in [3.05, 3.63) is 59.7 Å². The van der Waals surface area contributed by atoms with Gasteiger partial charge in [-0.2, -0.15) is 0 Å². The van der Waals surface area contributed by atoms with Crippen LogP contribution in [0, 0.1) is 0 Å². The largest absolute Gasteiger partial charge is 0.508 e. The Labute approximate surface area is 101 Å². The maximum atomic E-state index is 9.35. The number of aromatic hydroxyl groups is 1. The first-order valence-electron chi connectivity index (χ1n) is 5.40. The molecule has 0 bridgehead atoms. The number of ether oxygens (including phenoxy) is 1. The highest BCUT2D eigenvalue weighted by atomic mass is 16.5. The van der Waals surface area contributed by atoms with E-state index in [-0.39, 0.29) is 5.75 Å². The molecule has 0 aliphatic heterocycles. The molecule has 86 valence electrons. The Hall–Kier alpha value is -2.22. The van der Waals surface area contributed by atoms with Crippen molar-refractivity contribution >= 4 is 12.2 Å². The van der Waals surface area contributed by atoms with Gasteiger partial charge in [-0.05, 0) is 17.7 Å². The van der Waals surface area contributed by atoms with Gasteiger partial charge in [-0.15, -0.1) is 0 Å². The third-order valence-electron chi connectivity index (χ3n) is 2.47. The summed E-state index contributed by atoms with van der Waals surface area (Å²) in [6, 6.07) is 15.1. The van der Waals surface area contributed by atoms with Crippen molar-refractivity contribution in [3.8, 4) is 11.5 Å². The molecule has 0 aromatic heterocycles. The van der Waals surface area contributed by atoms with Gasteiger partial charge in [-0.1, -0.05) is 42.5 Å². The quantitative estimate of drug-likeness (QED) is 0.811. The first-order chi connectivity index (χ1) is 8.29. The molecule has 2 aromatic rings. The number of methoxy groups -OCH3 is 1. The Morgan fingerprint density at radius 2 is 1.76 bits per heavy atom. The van der Waals surface area contributed by atoms with E-state index < -0.39 is 0 Å². The summed E-state index contributed by atoms with van der Waals surface area (Å²) in [5.74, 6) is 0.871. The van der Waals surface area contributed by atoms with Crippen molar-refractivity contribution in [1.29, 1.82) is 0 Å². The number of hydrogen-bond acceptors (Lipinski definition) is 2. The summed E-state index contributed by atoms with van der Waals surface area (Å²) >= 11 is 0. The molecule has 0 heterocycles. The molecular weight excluding hydrogens is 212 g/mol. The standard InChI is InChI=1S/C15H14O2/c1-17-15-11-14(16)10-9-13(15)8-7-12-5-3-2-4-6-12/h2-11,16H,1H3/b8-7+. The number of benzene rings is 2. The monoisotopic (exact) mass is 226 g/mol. The molecule has 0 aliphatic carbocycles. The van der Waals surface area contributed by atoms with Crippen LogP contribution in [0.1, 0.15) is 11.1 Å². The summed E-state index contributed by atoms with van der Waals surface area (Å²) in [4.78, 5) is 0. The average molecular weight is 226 g/mol. The fourth-order valence-corrected chi connectivity index (χ4v) is 1.59. The van der Waals surface area contributed by atoms with Gasteiger partial charge in [0.05, 0.1) is 7.11 Å². The van der Waals surface area contributed by atoms with Crippen molar-refractivity contribution in [2.24, 2.45) is 0 Å². The Morgan fingerprint density at radius 1 is 1.00 bits per heavy atom. The second-order valence-electron chi connectivity index (χ2n) is 3.67. The number of rotatable bonds is 3. The second-order valence-corrected chi connectivity index (χ2v) is 3.67. The summed E-state index contributed by atoms with van der Waals surface area (Å²) in [7, 11) is 1.59. The van der Waals surface area contributed by atoms with Gasteiger partial charge >= 0.3 is 0 Å². The Kier molecular flexibility index (Phi) is 3.46. The van der Waals surface area contributed by atoms with Crippen LogP contribution in [-0.2, 0) is 0 Å². The molecule has 0 spiro atoms. The van der Waals surface area contributed by atoms with Crippen LogP contribution >= 0.6 is 0 Å². The molecule has 17 heavy (non-hydrogen) atoms. The number of hydrogen-bond donors (Lipinski definition) is 1. The normalized spacial score (nSPS) is 10.6. The molecule has 2 nitrogen and oxygen atoms in total. The molecule has 0 radical (unpaired) electrons. The van der Waals surface area contributed by atoms with Crippen LogP contribution in [0.5, 0.6) is 11.5 Å². The van der Waals surface area contributed by atoms with Gasteiger partial charge in [0.25, 0.3) is 0 Å². The van der Waals surface area contributed by atoms with Crippen LogP contribution in [0.25, 0.3) is 12.2 Å². The lowest BCUT2D eigenvalue weighted by Crippen LogP contribution is -1.86. The van der Waals surface area contributed by atoms with E-state index in [0.29, 0.717) is 5.75 Å². The highest BCUT2D eigenvalue weighted by Gasteiger charge is 2.00. The second kappa shape index (κ2) is 5.21. The molecule has 0 unspecified atom stereocenters. The minimum atomic E-state index is 0.207. The van der Waals surface area contributed by atoms with Gasteiger partial charge in [0.2, 0.25) is 0 Å². The van der Waals surface area contributed by atoms with E-state index in [0.717, 1.165) is 11.1 Å². The highest BCUT2D eigenvalue weighted by Crippen LogP contribution is 2.25. The van der Waals surface area contributed by atoms with Crippen LogP contribution < -0.4 is 4.74 Å². The van der Waals surface area contributed by atoms with E-state index in [1.54, 1.807) is 19.2 Å². The molecule has 1 N–H and O–H groups in total. The van der Waals surface area contributed by atoms with Crippen molar-refractivity contribution in [1.82, 2.24) is 0 Å². The summed E-state index contributed by atoms with van der Waals surface area (Å²) in [6.45, 7) is 0. The minimum absolute atomic E-state index is 0.207. The van der Waals surface area contributed by atoms with Crippen molar-refractivity contribution < 1.29 is 9.84 Å². The van der Waals surface area contributed by atoms with Gasteiger partial charge < -0.3 is 9.84 Å².